The Kier molecular flexibility index (Phi) is 10.6. The molecule has 0 bridgehead atoms. The van der Waals surface area contributed by atoms with Crippen LogP contribution < -0.4 is 5.32 Å². The van der Waals surface area contributed by atoms with E-state index in [0.29, 0.717) is 11.9 Å². The number of carbonyl (C=O) groups is 1. The standard InChI is InChI=1S/C18H36N2O/c1-3-5-7-8-9-10-13-18(21)20(15-6-4-2)16-17-12-11-14-19-17/h17,19H,3-16H2,1-2H3. The van der Waals surface area contributed by atoms with Crippen LogP contribution in [0.15, 0.2) is 0 Å². The molecule has 1 saturated heterocycles. The van der Waals surface area contributed by atoms with Crippen LogP contribution in [0.1, 0.15) is 84.5 Å². The van der Waals surface area contributed by atoms with Gasteiger partial charge in [-0.25, -0.2) is 0 Å². The van der Waals surface area contributed by atoms with Crippen LogP contribution >= 0.6 is 0 Å². The minimum Gasteiger partial charge on any atom is -0.341 e. The summed E-state index contributed by atoms with van der Waals surface area (Å²) >= 11 is 0. The molecule has 0 aromatic carbocycles. The third-order valence-corrected chi connectivity index (χ3v) is 4.48. The van der Waals surface area contributed by atoms with Crippen LogP contribution in [0.25, 0.3) is 0 Å². The van der Waals surface area contributed by atoms with Crippen molar-refractivity contribution < 1.29 is 4.79 Å². The molecule has 0 aromatic heterocycles. The predicted molar refractivity (Wildman–Crippen MR) is 90.5 cm³/mol. The average Bonchev–Trinajstić information content (AvgIpc) is 2.99. The molecular formula is C18H36N2O. The van der Waals surface area contributed by atoms with Crippen LogP contribution in [0.2, 0.25) is 0 Å². The van der Waals surface area contributed by atoms with Crippen LogP contribution in [0.4, 0.5) is 0 Å². The second kappa shape index (κ2) is 12.0. The van der Waals surface area contributed by atoms with Crippen molar-refractivity contribution in [2.45, 2.75) is 90.5 Å². The lowest BCUT2D eigenvalue weighted by Crippen LogP contribution is -2.41. The van der Waals surface area contributed by atoms with E-state index in [1.54, 1.807) is 0 Å². The zero-order valence-corrected chi connectivity index (χ0v) is 14.3. The molecular weight excluding hydrogens is 260 g/mol. The Hall–Kier alpha value is -0.570. The van der Waals surface area contributed by atoms with Gasteiger partial charge in [-0.05, 0) is 32.2 Å². The summed E-state index contributed by atoms with van der Waals surface area (Å²) in [6.45, 7) is 7.44. The van der Waals surface area contributed by atoms with Crippen LogP contribution in [0.5, 0.6) is 0 Å². The minimum absolute atomic E-state index is 0.382. The van der Waals surface area contributed by atoms with Gasteiger partial charge < -0.3 is 10.2 Å². The van der Waals surface area contributed by atoms with E-state index in [1.807, 2.05) is 0 Å². The summed E-state index contributed by atoms with van der Waals surface area (Å²) in [5.41, 5.74) is 0. The molecule has 0 spiro atoms. The topological polar surface area (TPSA) is 32.3 Å². The number of rotatable bonds is 12. The number of hydrogen-bond donors (Lipinski definition) is 1. The maximum absolute atomic E-state index is 12.4. The lowest BCUT2D eigenvalue weighted by molar-refractivity contribution is -0.131. The van der Waals surface area contributed by atoms with Gasteiger partial charge in [0, 0.05) is 25.6 Å². The number of unbranched alkanes of at least 4 members (excludes halogenated alkanes) is 6. The average molecular weight is 296 g/mol. The molecule has 0 saturated carbocycles. The van der Waals surface area contributed by atoms with Crippen LogP contribution in [0, 0.1) is 0 Å². The van der Waals surface area contributed by atoms with E-state index in [-0.39, 0.29) is 0 Å². The van der Waals surface area contributed by atoms with Gasteiger partial charge >= 0.3 is 0 Å². The van der Waals surface area contributed by atoms with Gasteiger partial charge in [-0.3, -0.25) is 4.79 Å². The normalized spacial score (nSPS) is 18.1. The monoisotopic (exact) mass is 296 g/mol. The SMILES string of the molecule is CCCCCCCCC(=O)N(CCCC)CC1CCCN1. The lowest BCUT2D eigenvalue weighted by Gasteiger charge is -2.26. The van der Waals surface area contributed by atoms with Gasteiger partial charge in [0.25, 0.3) is 0 Å². The van der Waals surface area contributed by atoms with Crippen molar-refractivity contribution in [2.24, 2.45) is 0 Å². The van der Waals surface area contributed by atoms with Crippen molar-refractivity contribution in [2.75, 3.05) is 19.6 Å². The van der Waals surface area contributed by atoms with E-state index >= 15 is 0 Å². The molecule has 0 aliphatic carbocycles. The number of nitrogens with zero attached hydrogens (tertiary/aromatic N) is 1. The summed E-state index contributed by atoms with van der Waals surface area (Å²) in [4.78, 5) is 14.5. The molecule has 3 heteroatoms. The summed E-state index contributed by atoms with van der Waals surface area (Å²) in [6, 6.07) is 0.537. The van der Waals surface area contributed by atoms with Crippen molar-refractivity contribution >= 4 is 5.91 Å². The van der Waals surface area contributed by atoms with Gasteiger partial charge in [-0.15, -0.1) is 0 Å². The number of carbonyl (C=O) groups excluding carboxylic acids is 1. The molecule has 1 fully saturated rings. The highest BCUT2D eigenvalue weighted by atomic mass is 16.2. The van der Waals surface area contributed by atoms with E-state index in [2.05, 4.69) is 24.1 Å². The van der Waals surface area contributed by atoms with E-state index < -0.39 is 0 Å². The highest BCUT2D eigenvalue weighted by Gasteiger charge is 2.20. The quantitative estimate of drug-likeness (QED) is 0.549. The van der Waals surface area contributed by atoms with E-state index in [1.165, 1.54) is 51.4 Å². The first kappa shape index (κ1) is 18.5. The Morgan fingerprint density at radius 3 is 2.43 bits per heavy atom. The number of amides is 1. The molecule has 1 amide bonds. The summed E-state index contributed by atoms with van der Waals surface area (Å²) in [5, 5.41) is 3.51. The summed E-state index contributed by atoms with van der Waals surface area (Å²) in [7, 11) is 0. The first-order chi connectivity index (χ1) is 10.3. The van der Waals surface area contributed by atoms with Crippen LogP contribution in [0.3, 0.4) is 0 Å². The van der Waals surface area contributed by atoms with E-state index in [9.17, 15) is 4.79 Å². The third kappa shape index (κ3) is 8.45. The van der Waals surface area contributed by atoms with Crippen molar-refractivity contribution in [1.29, 1.82) is 0 Å². The first-order valence-corrected chi connectivity index (χ1v) is 9.29. The second-order valence-corrected chi connectivity index (χ2v) is 6.50. The fraction of sp³-hybridized carbons (Fsp3) is 0.944. The number of nitrogens with one attached hydrogen (secondary N) is 1. The van der Waals surface area contributed by atoms with Gasteiger partial charge in [0.2, 0.25) is 5.91 Å². The maximum Gasteiger partial charge on any atom is 0.222 e. The molecule has 1 aliphatic rings. The highest BCUT2D eigenvalue weighted by Crippen LogP contribution is 2.12. The molecule has 1 unspecified atom stereocenters. The Balaban J connectivity index is 2.22. The highest BCUT2D eigenvalue weighted by molar-refractivity contribution is 5.76. The minimum atomic E-state index is 0.382. The molecule has 124 valence electrons. The van der Waals surface area contributed by atoms with Crippen molar-refractivity contribution in [3.05, 3.63) is 0 Å². The zero-order chi connectivity index (χ0) is 15.3. The zero-order valence-electron chi connectivity index (χ0n) is 14.3. The summed E-state index contributed by atoms with van der Waals surface area (Å²) in [6.07, 6.45) is 13.1. The van der Waals surface area contributed by atoms with Crippen molar-refractivity contribution in [1.82, 2.24) is 10.2 Å². The molecule has 0 aromatic rings. The van der Waals surface area contributed by atoms with Gasteiger partial charge in [0.1, 0.15) is 0 Å². The fourth-order valence-electron chi connectivity index (χ4n) is 3.06. The molecule has 1 aliphatic heterocycles. The second-order valence-electron chi connectivity index (χ2n) is 6.50. The van der Waals surface area contributed by atoms with Gasteiger partial charge in [-0.2, -0.15) is 0 Å². The number of hydrogen-bond acceptors (Lipinski definition) is 2. The van der Waals surface area contributed by atoms with E-state index in [0.717, 1.165) is 38.9 Å². The van der Waals surface area contributed by atoms with Gasteiger partial charge in [0.05, 0.1) is 0 Å². The molecule has 1 atom stereocenters. The molecule has 1 rings (SSSR count). The van der Waals surface area contributed by atoms with Gasteiger partial charge in [-0.1, -0.05) is 52.4 Å². The Bertz CT molecular complexity index is 262. The fourth-order valence-corrected chi connectivity index (χ4v) is 3.06. The smallest absolute Gasteiger partial charge is 0.222 e. The molecule has 21 heavy (non-hydrogen) atoms. The molecule has 1 heterocycles. The maximum atomic E-state index is 12.4. The van der Waals surface area contributed by atoms with E-state index in [4.69, 9.17) is 0 Å². The lowest BCUT2D eigenvalue weighted by atomic mass is 10.1. The van der Waals surface area contributed by atoms with Crippen molar-refractivity contribution in [3.63, 3.8) is 0 Å². The van der Waals surface area contributed by atoms with Crippen molar-refractivity contribution in [3.8, 4) is 0 Å². The summed E-state index contributed by atoms with van der Waals surface area (Å²) in [5.74, 6) is 0.382. The predicted octanol–water partition coefficient (Wildman–Crippen LogP) is 4.12. The largest absolute Gasteiger partial charge is 0.341 e. The Morgan fingerprint density at radius 2 is 1.76 bits per heavy atom. The first-order valence-electron chi connectivity index (χ1n) is 9.29. The molecule has 1 N–H and O–H groups in total. The van der Waals surface area contributed by atoms with Gasteiger partial charge in [0.15, 0.2) is 0 Å². The van der Waals surface area contributed by atoms with Crippen LogP contribution in [-0.2, 0) is 4.79 Å². The molecule has 3 nitrogen and oxygen atoms in total. The van der Waals surface area contributed by atoms with Crippen LogP contribution in [-0.4, -0.2) is 36.5 Å². The summed E-state index contributed by atoms with van der Waals surface area (Å²) < 4.78 is 0. The Morgan fingerprint density at radius 1 is 1.05 bits per heavy atom. The Labute approximate surface area is 131 Å². The third-order valence-electron chi connectivity index (χ3n) is 4.48. The molecule has 0 radical (unpaired) electrons.